The number of nitrogen functional groups attached to an aromatic ring is 1. The highest BCUT2D eigenvalue weighted by Crippen LogP contribution is 2.63. The van der Waals surface area contributed by atoms with Crippen LogP contribution in [0.15, 0.2) is 4.79 Å². The van der Waals surface area contributed by atoms with Gasteiger partial charge in [-0.15, -0.1) is 0 Å². The van der Waals surface area contributed by atoms with E-state index in [9.17, 15) is 19.4 Å². The summed E-state index contributed by atoms with van der Waals surface area (Å²) in [7, 11) is -4.33. The summed E-state index contributed by atoms with van der Waals surface area (Å²) in [6, 6.07) is 0. The number of phosphoric acid groups is 1. The number of H-pyrrole nitrogens is 1. The molecule has 1 aromatic rings. The topological polar surface area (TPSA) is 194 Å². The van der Waals surface area contributed by atoms with Crippen molar-refractivity contribution in [3.8, 4) is 0 Å². The summed E-state index contributed by atoms with van der Waals surface area (Å²) in [5.41, 5.74) is 3.32. The fraction of sp³-hybridized carbons (Fsp3) is 0.600. The molecule has 14 heteroatoms. The fourth-order valence-corrected chi connectivity index (χ4v) is 4.23. The number of hydrogen-bond acceptors (Lipinski definition) is 11. The van der Waals surface area contributed by atoms with Crippen molar-refractivity contribution in [1.29, 1.82) is 0 Å². The van der Waals surface area contributed by atoms with Gasteiger partial charge in [-0.05, 0) is 0 Å². The Morgan fingerprint density at radius 1 is 1.46 bits per heavy atom. The number of nitrogens with one attached hydrogen (secondary N) is 3. The van der Waals surface area contributed by atoms with Gasteiger partial charge in [-0.3, -0.25) is 18.8 Å². The van der Waals surface area contributed by atoms with Gasteiger partial charge in [0.05, 0.1) is 6.61 Å². The molecule has 7 N–H and O–H groups in total. The molecule has 6 atom stereocenters. The smallest absolute Gasteiger partial charge is 0.369 e. The van der Waals surface area contributed by atoms with E-state index in [1.807, 2.05) is 0 Å². The highest BCUT2D eigenvalue weighted by atomic mass is 31.2. The SMILES string of the molecule is Nc1nc2c(c(=O)[nH]1)N[C@@]13OC1(O)[C@H]1OP(=O)(O)OC[C@H]1O[C@H]3N2. The number of aliphatic hydroxyl groups is 1. The molecule has 13 nitrogen and oxygen atoms in total. The quantitative estimate of drug-likeness (QED) is 0.217. The molecule has 130 valence electrons. The maximum absolute atomic E-state index is 12.0. The van der Waals surface area contributed by atoms with Gasteiger partial charge in [0, 0.05) is 0 Å². The van der Waals surface area contributed by atoms with Gasteiger partial charge in [0.15, 0.2) is 18.1 Å². The number of epoxide rings is 1. The molecule has 2 unspecified atom stereocenters. The Morgan fingerprint density at radius 2 is 2.25 bits per heavy atom. The van der Waals surface area contributed by atoms with Crippen LogP contribution >= 0.6 is 7.82 Å². The van der Waals surface area contributed by atoms with Crippen molar-refractivity contribution < 1.29 is 33.1 Å². The van der Waals surface area contributed by atoms with Crippen LogP contribution < -0.4 is 21.9 Å². The lowest BCUT2D eigenvalue weighted by molar-refractivity contribution is -0.199. The zero-order valence-electron chi connectivity index (χ0n) is 11.8. The van der Waals surface area contributed by atoms with Crippen LogP contribution in [0.5, 0.6) is 0 Å². The Kier molecular flexibility index (Phi) is 2.48. The number of fused-ring (bicyclic) bond motifs is 3. The molecule has 0 saturated carbocycles. The van der Waals surface area contributed by atoms with Crippen LogP contribution in [0.1, 0.15) is 0 Å². The van der Waals surface area contributed by atoms with E-state index in [0.717, 1.165) is 0 Å². The van der Waals surface area contributed by atoms with Crippen molar-refractivity contribution in [3.05, 3.63) is 10.4 Å². The zero-order chi connectivity index (χ0) is 16.9. The van der Waals surface area contributed by atoms with Crippen LogP contribution in [-0.2, 0) is 23.1 Å². The maximum atomic E-state index is 12.0. The van der Waals surface area contributed by atoms with Gasteiger partial charge in [0.2, 0.25) is 11.7 Å². The molecular weight excluding hydrogens is 349 g/mol. The lowest BCUT2D eigenvalue weighted by atomic mass is 9.94. The third kappa shape index (κ3) is 1.66. The second-order valence-corrected chi connectivity index (χ2v) is 7.23. The minimum Gasteiger partial charge on any atom is -0.369 e. The van der Waals surface area contributed by atoms with Crippen LogP contribution in [0.2, 0.25) is 0 Å². The van der Waals surface area contributed by atoms with Crippen molar-refractivity contribution in [2.24, 2.45) is 0 Å². The summed E-state index contributed by atoms with van der Waals surface area (Å²) in [5.74, 6) is -1.98. The molecule has 0 aromatic carbocycles. The Bertz CT molecular complexity index is 862. The third-order valence-corrected chi connectivity index (χ3v) is 5.34. The number of hydrogen-bond donors (Lipinski definition) is 6. The van der Waals surface area contributed by atoms with E-state index < -0.39 is 43.3 Å². The van der Waals surface area contributed by atoms with Gasteiger partial charge in [-0.25, -0.2) is 4.57 Å². The second kappa shape index (κ2) is 4.08. The normalized spacial score (nSPS) is 48.0. The molecule has 5 heterocycles. The largest absolute Gasteiger partial charge is 0.472 e. The first-order chi connectivity index (χ1) is 11.2. The van der Waals surface area contributed by atoms with Crippen molar-refractivity contribution in [2.45, 2.75) is 29.9 Å². The summed E-state index contributed by atoms with van der Waals surface area (Å²) < 4.78 is 32.3. The average Bonchev–Trinajstić information content (AvgIpc) is 3.10. The standard InChI is InChI=1S/C10H12N5O8P/c11-8-13-5-3(6(16)14-8)15-9-7(12-5)21-2-1-20-24(18,19)22-4(2)10(9,17)23-9/h2,4,7,15,17H,1H2,(H,18,19)(H4,11,12,13,14,16)/t2-,4+,7-,9+,10?/m1/s1. The number of nitrogens with two attached hydrogens (primary N) is 1. The molecule has 3 saturated heterocycles. The minimum atomic E-state index is -4.33. The lowest BCUT2D eigenvalue weighted by Crippen LogP contribution is -2.66. The molecule has 0 aliphatic carbocycles. The van der Waals surface area contributed by atoms with E-state index >= 15 is 0 Å². The van der Waals surface area contributed by atoms with Crippen LogP contribution in [-0.4, -0.2) is 56.5 Å². The Labute approximate surface area is 132 Å². The molecule has 3 fully saturated rings. The number of anilines is 3. The Morgan fingerprint density at radius 3 is 3.04 bits per heavy atom. The lowest BCUT2D eigenvalue weighted by Gasteiger charge is -2.44. The molecule has 24 heavy (non-hydrogen) atoms. The molecule has 0 amide bonds. The summed E-state index contributed by atoms with van der Waals surface area (Å²) in [5, 5.41) is 16.3. The van der Waals surface area contributed by atoms with Crippen LogP contribution in [0.25, 0.3) is 0 Å². The molecule has 5 rings (SSSR count). The van der Waals surface area contributed by atoms with E-state index in [1.165, 1.54) is 0 Å². The first-order valence-electron chi connectivity index (χ1n) is 6.92. The highest BCUT2D eigenvalue weighted by molar-refractivity contribution is 7.47. The average molecular weight is 361 g/mol. The summed E-state index contributed by atoms with van der Waals surface area (Å²) in [6.45, 7) is -0.282. The predicted octanol–water partition coefficient (Wildman–Crippen LogP) is -2.15. The molecular formula is C10H12N5O8P. The number of phosphoric ester groups is 1. The van der Waals surface area contributed by atoms with E-state index in [4.69, 9.17) is 24.3 Å². The van der Waals surface area contributed by atoms with Crippen LogP contribution in [0.4, 0.5) is 17.5 Å². The molecule has 1 spiro atoms. The van der Waals surface area contributed by atoms with Gasteiger partial charge < -0.3 is 35.8 Å². The van der Waals surface area contributed by atoms with Crippen molar-refractivity contribution >= 4 is 25.3 Å². The van der Waals surface area contributed by atoms with Gasteiger partial charge in [-0.2, -0.15) is 4.98 Å². The summed E-state index contributed by atoms with van der Waals surface area (Å²) in [6.07, 6.45) is -3.12. The number of ether oxygens (including phenoxy) is 2. The van der Waals surface area contributed by atoms with Gasteiger partial charge in [0.25, 0.3) is 11.3 Å². The predicted molar refractivity (Wildman–Crippen MR) is 74.6 cm³/mol. The summed E-state index contributed by atoms with van der Waals surface area (Å²) in [4.78, 5) is 27.7. The minimum absolute atomic E-state index is 0.0161. The Balaban J connectivity index is 1.57. The first kappa shape index (κ1) is 14.6. The molecule has 4 aliphatic rings. The third-order valence-electron chi connectivity index (χ3n) is 4.38. The van der Waals surface area contributed by atoms with E-state index in [0.29, 0.717) is 0 Å². The van der Waals surface area contributed by atoms with Crippen molar-refractivity contribution in [2.75, 3.05) is 23.0 Å². The van der Waals surface area contributed by atoms with Crippen LogP contribution in [0, 0.1) is 0 Å². The fourth-order valence-electron chi connectivity index (χ4n) is 3.27. The van der Waals surface area contributed by atoms with Gasteiger partial charge in [-0.1, -0.05) is 0 Å². The molecule has 0 radical (unpaired) electrons. The van der Waals surface area contributed by atoms with Gasteiger partial charge in [0.1, 0.15) is 11.8 Å². The molecule has 0 bridgehead atoms. The van der Waals surface area contributed by atoms with Crippen molar-refractivity contribution in [3.63, 3.8) is 0 Å². The summed E-state index contributed by atoms with van der Waals surface area (Å²) >= 11 is 0. The van der Waals surface area contributed by atoms with E-state index in [2.05, 4.69) is 20.6 Å². The number of aromatic nitrogens is 2. The number of nitrogens with zero attached hydrogens (tertiary/aromatic N) is 1. The highest BCUT2D eigenvalue weighted by Gasteiger charge is 2.85. The van der Waals surface area contributed by atoms with Crippen LogP contribution in [0.3, 0.4) is 0 Å². The molecule has 4 aliphatic heterocycles. The number of rotatable bonds is 0. The van der Waals surface area contributed by atoms with Crippen molar-refractivity contribution in [1.82, 2.24) is 9.97 Å². The monoisotopic (exact) mass is 361 g/mol. The van der Waals surface area contributed by atoms with Gasteiger partial charge >= 0.3 is 7.82 Å². The molecule has 1 aromatic heterocycles. The Hall–Kier alpha value is -1.73. The number of aromatic amines is 1. The van der Waals surface area contributed by atoms with E-state index in [-0.39, 0.29) is 24.1 Å². The first-order valence-corrected chi connectivity index (χ1v) is 8.42. The maximum Gasteiger partial charge on any atom is 0.472 e. The van der Waals surface area contributed by atoms with E-state index in [1.54, 1.807) is 0 Å². The zero-order valence-corrected chi connectivity index (χ0v) is 12.6. The second-order valence-electron chi connectivity index (χ2n) is 5.82.